The molecule has 17 heavy (non-hydrogen) atoms. The Morgan fingerprint density at radius 1 is 1.24 bits per heavy atom. The lowest BCUT2D eigenvalue weighted by Crippen LogP contribution is -2.38. The van der Waals surface area contributed by atoms with Crippen molar-refractivity contribution in [3.05, 3.63) is 35.6 Å². The van der Waals surface area contributed by atoms with E-state index in [1.54, 1.807) is 18.2 Å². The molecule has 1 atom stereocenters. The molecule has 0 aliphatic rings. The minimum atomic E-state index is -0.932. The molecule has 1 rings (SSSR count). The Bertz CT molecular complexity index is 348. The molecule has 96 valence electrons. The van der Waals surface area contributed by atoms with Crippen molar-refractivity contribution in [3.8, 4) is 0 Å². The molecule has 2 nitrogen and oxygen atoms in total. The van der Waals surface area contributed by atoms with Gasteiger partial charge in [0.25, 0.3) is 0 Å². The van der Waals surface area contributed by atoms with Crippen molar-refractivity contribution in [3.63, 3.8) is 0 Å². The smallest absolute Gasteiger partial charge is 0.129 e. The van der Waals surface area contributed by atoms with Crippen molar-refractivity contribution < 1.29 is 14.2 Å². The third kappa shape index (κ3) is 2.85. The highest BCUT2D eigenvalue weighted by Crippen LogP contribution is 2.36. The lowest BCUT2D eigenvalue weighted by atomic mass is 9.86. The van der Waals surface area contributed by atoms with E-state index in [1.165, 1.54) is 6.07 Å². The minimum Gasteiger partial charge on any atom is -0.385 e. The largest absolute Gasteiger partial charge is 0.385 e. The molecule has 1 unspecified atom stereocenters. The van der Waals surface area contributed by atoms with Gasteiger partial charge in [0, 0.05) is 12.2 Å². The average molecular weight is 240 g/mol. The van der Waals surface area contributed by atoms with Crippen LogP contribution in [0.15, 0.2) is 24.3 Å². The number of benzene rings is 1. The quantitative estimate of drug-likeness (QED) is 0.825. The minimum absolute atomic E-state index is 0.310. The molecule has 0 saturated carbocycles. The van der Waals surface area contributed by atoms with Gasteiger partial charge in [0.05, 0.1) is 5.60 Å². The highest BCUT2D eigenvalue weighted by atomic mass is 19.1. The number of hydrogen-bond acceptors (Lipinski definition) is 2. The van der Waals surface area contributed by atoms with E-state index in [1.807, 2.05) is 20.8 Å². The number of hydrogen-bond donors (Lipinski definition) is 1. The molecule has 1 N–H and O–H groups in total. The third-order valence-electron chi connectivity index (χ3n) is 3.33. The van der Waals surface area contributed by atoms with Crippen LogP contribution in [0, 0.1) is 5.82 Å². The molecule has 1 aromatic rings. The SMILES string of the molecule is CCOC(CC)(CC)C(O)c1ccccc1F. The van der Waals surface area contributed by atoms with E-state index in [9.17, 15) is 9.50 Å². The molecular formula is C14H21FO2. The Morgan fingerprint density at radius 3 is 2.29 bits per heavy atom. The zero-order chi connectivity index (χ0) is 12.9. The maximum absolute atomic E-state index is 13.7. The van der Waals surface area contributed by atoms with E-state index in [2.05, 4.69) is 0 Å². The fraction of sp³-hybridized carbons (Fsp3) is 0.571. The molecule has 0 saturated heterocycles. The summed E-state index contributed by atoms with van der Waals surface area (Å²) in [4.78, 5) is 0. The summed E-state index contributed by atoms with van der Waals surface area (Å²) in [5.74, 6) is -0.383. The number of aliphatic hydroxyl groups excluding tert-OH is 1. The van der Waals surface area contributed by atoms with Gasteiger partial charge in [-0.2, -0.15) is 0 Å². The summed E-state index contributed by atoms with van der Waals surface area (Å²) in [7, 11) is 0. The zero-order valence-corrected chi connectivity index (χ0v) is 10.7. The molecular weight excluding hydrogens is 219 g/mol. The second-order valence-electron chi connectivity index (χ2n) is 4.13. The summed E-state index contributed by atoms with van der Waals surface area (Å²) in [6.07, 6.45) is 0.360. The molecule has 0 radical (unpaired) electrons. The van der Waals surface area contributed by atoms with Gasteiger partial charge in [0.2, 0.25) is 0 Å². The Morgan fingerprint density at radius 2 is 1.82 bits per heavy atom. The normalized spacial score (nSPS) is 13.7. The van der Waals surface area contributed by atoms with Crippen molar-refractivity contribution in [2.75, 3.05) is 6.61 Å². The molecule has 0 aliphatic heterocycles. The fourth-order valence-corrected chi connectivity index (χ4v) is 2.19. The van der Waals surface area contributed by atoms with Crippen LogP contribution in [0.1, 0.15) is 45.3 Å². The van der Waals surface area contributed by atoms with Crippen LogP contribution in [-0.4, -0.2) is 17.3 Å². The molecule has 0 aromatic heterocycles. The van der Waals surface area contributed by atoms with Crippen LogP contribution in [0.4, 0.5) is 4.39 Å². The summed E-state index contributed by atoms with van der Waals surface area (Å²) in [5, 5.41) is 10.4. The van der Waals surface area contributed by atoms with Crippen LogP contribution < -0.4 is 0 Å². The molecule has 0 amide bonds. The van der Waals surface area contributed by atoms with E-state index in [0.29, 0.717) is 25.0 Å². The van der Waals surface area contributed by atoms with Crippen LogP contribution >= 0.6 is 0 Å². The van der Waals surface area contributed by atoms with Crippen molar-refractivity contribution in [1.29, 1.82) is 0 Å². The van der Waals surface area contributed by atoms with Crippen molar-refractivity contribution >= 4 is 0 Å². The monoisotopic (exact) mass is 240 g/mol. The molecule has 0 bridgehead atoms. The van der Waals surface area contributed by atoms with Gasteiger partial charge in [-0.3, -0.25) is 0 Å². The van der Waals surface area contributed by atoms with Gasteiger partial charge in [-0.05, 0) is 25.8 Å². The van der Waals surface area contributed by atoms with Crippen LogP contribution in [-0.2, 0) is 4.74 Å². The summed E-state index contributed by atoms with van der Waals surface area (Å²) in [6.45, 7) is 6.29. The molecule has 1 aromatic carbocycles. The summed E-state index contributed by atoms with van der Waals surface area (Å²) >= 11 is 0. The van der Waals surface area contributed by atoms with Crippen molar-refractivity contribution in [1.82, 2.24) is 0 Å². The van der Waals surface area contributed by atoms with Gasteiger partial charge >= 0.3 is 0 Å². The van der Waals surface area contributed by atoms with Crippen molar-refractivity contribution in [2.24, 2.45) is 0 Å². The highest BCUT2D eigenvalue weighted by molar-refractivity contribution is 5.22. The van der Waals surface area contributed by atoms with Crippen LogP contribution in [0.25, 0.3) is 0 Å². The van der Waals surface area contributed by atoms with Crippen LogP contribution in [0.5, 0.6) is 0 Å². The standard InChI is InChI=1S/C14H21FO2/c1-4-14(5-2,17-6-3)13(16)11-9-7-8-10-12(11)15/h7-10,13,16H,4-6H2,1-3H3. The fourth-order valence-electron chi connectivity index (χ4n) is 2.19. The highest BCUT2D eigenvalue weighted by Gasteiger charge is 2.37. The first-order chi connectivity index (χ1) is 8.11. The van der Waals surface area contributed by atoms with E-state index < -0.39 is 11.7 Å². The lowest BCUT2D eigenvalue weighted by molar-refractivity contribution is -0.128. The molecule has 0 aliphatic carbocycles. The van der Waals surface area contributed by atoms with Gasteiger partial charge in [-0.15, -0.1) is 0 Å². The van der Waals surface area contributed by atoms with Gasteiger partial charge < -0.3 is 9.84 Å². The Kier molecular flexibility index (Phi) is 5.09. The number of ether oxygens (including phenoxy) is 1. The van der Waals surface area contributed by atoms with E-state index in [0.717, 1.165) is 0 Å². The Labute approximate surface area is 102 Å². The van der Waals surface area contributed by atoms with Crippen molar-refractivity contribution in [2.45, 2.75) is 45.3 Å². The first kappa shape index (κ1) is 14.1. The van der Waals surface area contributed by atoms with Gasteiger partial charge in [0.1, 0.15) is 11.9 Å². The number of rotatable bonds is 6. The third-order valence-corrected chi connectivity index (χ3v) is 3.33. The molecule has 0 fully saturated rings. The van der Waals surface area contributed by atoms with E-state index in [-0.39, 0.29) is 5.82 Å². The van der Waals surface area contributed by atoms with Gasteiger partial charge in [-0.1, -0.05) is 32.0 Å². The molecule has 3 heteroatoms. The maximum Gasteiger partial charge on any atom is 0.129 e. The topological polar surface area (TPSA) is 29.5 Å². The maximum atomic E-state index is 13.7. The van der Waals surface area contributed by atoms with E-state index in [4.69, 9.17) is 4.74 Å². The first-order valence-electron chi connectivity index (χ1n) is 6.17. The zero-order valence-electron chi connectivity index (χ0n) is 10.7. The first-order valence-corrected chi connectivity index (χ1v) is 6.17. The lowest BCUT2D eigenvalue weighted by Gasteiger charge is -2.36. The Balaban J connectivity index is 3.07. The van der Waals surface area contributed by atoms with E-state index >= 15 is 0 Å². The summed E-state index contributed by atoms with van der Waals surface area (Å²) in [5.41, 5.74) is -0.388. The number of aliphatic hydroxyl groups is 1. The Hall–Kier alpha value is -0.930. The second kappa shape index (κ2) is 6.12. The summed E-state index contributed by atoms with van der Waals surface area (Å²) in [6, 6.07) is 6.31. The van der Waals surface area contributed by atoms with Gasteiger partial charge in [-0.25, -0.2) is 4.39 Å². The predicted octanol–water partition coefficient (Wildman–Crippen LogP) is 3.45. The second-order valence-corrected chi connectivity index (χ2v) is 4.13. The summed E-state index contributed by atoms with van der Waals surface area (Å²) < 4.78 is 19.4. The molecule has 0 heterocycles. The van der Waals surface area contributed by atoms with Crippen LogP contribution in [0.3, 0.4) is 0 Å². The van der Waals surface area contributed by atoms with Gasteiger partial charge in [0.15, 0.2) is 0 Å². The average Bonchev–Trinajstić information content (AvgIpc) is 2.36. The number of halogens is 1. The molecule has 0 spiro atoms. The predicted molar refractivity (Wildman–Crippen MR) is 66.3 cm³/mol. The van der Waals surface area contributed by atoms with Crippen LogP contribution in [0.2, 0.25) is 0 Å².